The van der Waals surface area contributed by atoms with E-state index in [1.165, 1.54) is 0 Å². The summed E-state index contributed by atoms with van der Waals surface area (Å²) in [5.74, 6) is 1.98. The lowest BCUT2D eigenvalue weighted by atomic mass is 9.89. The minimum absolute atomic E-state index is 0.234. The van der Waals surface area contributed by atoms with Crippen LogP contribution < -0.4 is 10.6 Å². The zero-order chi connectivity index (χ0) is 25.7. The van der Waals surface area contributed by atoms with Crippen LogP contribution in [0.3, 0.4) is 0 Å². The molecule has 0 spiro atoms. The topological polar surface area (TPSA) is 128 Å². The van der Waals surface area contributed by atoms with E-state index in [1.807, 2.05) is 30.7 Å². The summed E-state index contributed by atoms with van der Waals surface area (Å²) < 4.78 is 6.98. The normalized spacial score (nSPS) is 20.4. The first kappa shape index (κ1) is 23.9. The van der Waals surface area contributed by atoms with Crippen LogP contribution in [0.1, 0.15) is 51.2 Å². The Morgan fingerprint density at radius 1 is 1.14 bits per heavy atom. The van der Waals surface area contributed by atoms with Crippen LogP contribution in [-0.2, 0) is 6.54 Å². The second-order valence-electron chi connectivity index (χ2n) is 9.81. The van der Waals surface area contributed by atoms with E-state index in [0.717, 1.165) is 64.7 Å². The van der Waals surface area contributed by atoms with Crippen LogP contribution in [0.2, 0.25) is 5.02 Å². The minimum Gasteiger partial charge on any atom is -0.349 e. The molecule has 1 aliphatic heterocycles. The van der Waals surface area contributed by atoms with Crippen molar-refractivity contribution in [1.29, 1.82) is 0 Å². The molecule has 4 aromatic heterocycles. The van der Waals surface area contributed by atoms with Crippen molar-refractivity contribution in [1.82, 2.24) is 34.9 Å². The van der Waals surface area contributed by atoms with Gasteiger partial charge in [0.1, 0.15) is 17.9 Å². The fourth-order valence-electron chi connectivity index (χ4n) is 5.58. The summed E-state index contributed by atoms with van der Waals surface area (Å²) in [6, 6.07) is 4.89. The summed E-state index contributed by atoms with van der Waals surface area (Å²) in [4.78, 5) is 19.9. The van der Waals surface area contributed by atoms with Gasteiger partial charge in [0.15, 0.2) is 11.5 Å². The molecular weight excluding hydrogens is 490 g/mol. The third-order valence-electron chi connectivity index (χ3n) is 7.34. The molecule has 3 N–H and O–H groups in total. The first-order valence-electron chi connectivity index (χ1n) is 12.8. The zero-order valence-electron chi connectivity index (χ0n) is 21.1. The van der Waals surface area contributed by atoms with Gasteiger partial charge in [-0.15, -0.1) is 0 Å². The van der Waals surface area contributed by atoms with E-state index < -0.39 is 0 Å². The Balaban J connectivity index is 1.35. The number of aromatic amines is 1. The Kier molecular flexibility index (Phi) is 6.08. The molecule has 11 heteroatoms. The number of rotatable bonds is 6. The second-order valence-corrected chi connectivity index (χ2v) is 10.2. The lowest BCUT2D eigenvalue weighted by Gasteiger charge is -2.44. The quantitative estimate of drug-likeness (QED) is 0.326. The number of piperidine rings is 1. The number of nitrogens with two attached hydrogens (primary N) is 1. The van der Waals surface area contributed by atoms with Crippen molar-refractivity contribution in [2.24, 2.45) is 5.73 Å². The summed E-state index contributed by atoms with van der Waals surface area (Å²) in [6.45, 7) is 6.59. The lowest BCUT2D eigenvalue weighted by Crippen LogP contribution is -2.53. The largest absolute Gasteiger partial charge is 0.349 e. The minimum atomic E-state index is 0.234. The number of benzene rings is 1. The molecule has 1 aliphatic rings. The van der Waals surface area contributed by atoms with Gasteiger partial charge >= 0.3 is 0 Å². The standard InChI is InChI=1S/C26H30ClN9O/c1-4-16-8-15(28)9-17(5-2)36(16)22-11-29-25-19(10-30-26(25)32-22)18-6-7-21-20(24(18)27)12-35(33-21)13-23-31-14(3)34-37-23/h6-7,10-12,15-17H,4-5,8-9,13,28H2,1-3H3,(H,30,32)/t15?,16-,17+. The van der Waals surface area contributed by atoms with Crippen molar-refractivity contribution in [2.75, 3.05) is 4.90 Å². The number of fused-ring (bicyclic) bond motifs is 2. The number of anilines is 1. The number of aryl methyl sites for hydroxylation is 1. The van der Waals surface area contributed by atoms with Gasteiger partial charge in [-0.1, -0.05) is 36.7 Å². The van der Waals surface area contributed by atoms with E-state index in [0.29, 0.717) is 35.4 Å². The number of hydrogen-bond acceptors (Lipinski definition) is 8. The Bertz CT molecular complexity index is 1560. The highest BCUT2D eigenvalue weighted by Crippen LogP contribution is 2.38. The molecule has 1 aromatic carbocycles. The van der Waals surface area contributed by atoms with Crippen LogP contribution in [0.4, 0.5) is 5.82 Å². The monoisotopic (exact) mass is 519 g/mol. The summed E-state index contributed by atoms with van der Waals surface area (Å²) >= 11 is 6.91. The SMILES string of the molecule is CC[C@@H]1CC(N)C[C@H](CC)N1c1cnc2c(-c3ccc4nn(Cc5nc(C)no5)cc4c3Cl)c[nH]c2n1. The summed E-state index contributed by atoms with van der Waals surface area (Å²) in [5.41, 5.74) is 10.5. The zero-order valence-corrected chi connectivity index (χ0v) is 21.9. The number of H-pyrrole nitrogens is 1. The van der Waals surface area contributed by atoms with Crippen molar-refractivity contribution < 1.29 is 4.52 Å². The molecule has 37 heavy (non-hydrogen) atoms. The average molecular weight is 520 g/mol. The summed E-state index contributed by atoms with van der Waals surface area (Å²) in [7, 11) is 0. The van der Waals surface area contributed by atoms with Gasteiger partial charge < -0.3 is 20.1 Å². The highest BCUT2D eigenvalue weighted by atomic mass is 35.5. The van der Waals surface area contributed by atoms with E-state index in [4.69, 9.17) is 31.8 Å². The van der Waals surface area contributed by atoms with Gasteiger partial charge in [-0.3, -0.25) is 4.68 Å². The maximum absolute atomic E-state index is 6.91. The molecule has 0 saturated carbocycles. The van der Waals surface area contributed by atoms with E-state index in [2.05, 4.69) is 39.0 Å². The second kappa shape index (κ2) is 9.42. The van der Waals surface area contributed by atoms with E-state index in [1.54, 1.807) is 11.6 Å². The van der Waals surface area contributed by atoms with Crippen LogP contribution in [0.15, 0.2) is 35.2 Å². The number of aromatic nitrogens is 7. The number of nitrogens with zero attached hydrogens (tertiary/aromatic N) is 7. The molecule has 0 amide bonds. The molecule has 3 atom stereocenters. The molecule has 192 valence electrons. The maximum atomic E-state index is 6.91. The van der Waals surface area contributed by atoms with Gasteiger partial charge in [0.2, 0.25) is 5.89 Å². The molecule has 0 aliphatic carbocycles. The summed E-state index contributed by atoms with van der Waals surface area (Å²) in [5, 5.41) is 9.91. The third-order valence-corrected chi connectivity index (χ3v) is 7.75. The van der Waals surface area contributed by atoms with Gasteiger partial charge in [-0.05, 0) is 38.7 Å². The molecule has 0 radical (unpaired) electrons. The average Bonchev–Trinajstić information content (AvgIpc) is 3.62. The Labute approximate surface area is 219 Å². The van der Waals surface area contributed by atoms with Crippen molar-refractivity contribution in [3.63, 3.8) is 0 Å². The lowest BCUT2D eigenvalue weighted by molar-refractivity contribution is 0.329. The molecule has 6 rings (SSSR count). The molecule has 0 bridgehead atoms. The van der Waals surface area contributed by atoms with Gasteiger partial charge in [0.05, 0.1) is 16.7 Å². The van der Waals surface area contributed by atoms with Crippen molar-refractivity contribution >= 4 is 39.5 Å². The van der Waals surface area contributed by atoms with E-state index in [-0.39, 0.29) is 6.04 Å². The van der Waals surface area contributed by atoms with E-state index in [9.17, 15) is 0 Å². The van der Waals surface area contributed by atoms with Crippen LogP contribution in [-0.4, -0.2) is 53.0 Å². The third kappa shape index (κ3) is 4.23. The van der Waals surface area contributed by atoms with Gasteiger partial charge in [-0.2, -0.15) is 10.1 Å². The smallest absolute Gasteiger partial charge is 0.248 e. The fraction of sp³-hybridized carbons (Fsp3) is 0.423. The van der Waals surface area contributed by atoms with Crippen molar-refractivity contribution in [3.8, 4) is 11.1 Å². The molecule has 1 saturated heterocycles. The van der Waals surface area contributed by atoms with Gasteiger partial charge in [0, 0.05) is 47.0 Å². The van der Waals surface area contributed by atoms with Crippen LogP contribution >= 0.6 is 11.6 Å². The molecule has 5 aromatic rings. The number of halogens is 1. The fourth-order valence-corrected chi connectivity index (χ4v) is 5.89. The van der Waals surface area contributed by atoms with Crippen LogP contribution in [0.5, 0.6) is 0 Å². The molecule has 5 heterocycles. The maximum Gasteiger partial charge on any atom is 0.248 e. The van der Waals surface area contributed by atoms with E-state index >= 15 is 0 Å². The Hall–Kier alpha value is -3.50. The Morgan fingerprint density at radius 2 is 1.92 bits per heavy atom. The predicted molar refractivity (Wildman–Crippen MR) is 144 cm³/mol. The number of hydrogen-bond donors (Lipinski definition) is 2. The van der Waals surface area contributed by atoms with Crippen molar-refractivity contribution in [2.45, 2.75) is 71.1 Å². The Morgan fingerprint density at radius 3 is 2.62 bits per heavy atom. The highest BCUT2D eigenvalue weighted by Gasteiger charge is 2.33. The molecule has 1 fully saturated rings. The first-order valence-corrected chi connectivity index (χ1v) is 13.2. The van der Waals surface area contributed by atoms with Gasteiger partial charge in [-0.25, -0.2) is 9.97 Å². The van der Waals surface area contributed by atoms with Crippen LogP contribution in [0, 0.1) is 6.92 Å². The number of nitrogens with one attached hydrogen (secondary N) is 1. The first-order chi connectivity index (χ1) is 17.9. The van der Waals surface area contributed by atoms with Gasteiger partial charge in [0.25, 0.3) is 0 Å². The highest BCUT2D eigenvalue weighted by molar-refractivity contribution is 6.38. The molecule has 10 nitrogen and oxygen atoms in total. The molecule has 1 unspecified atom stereocenters. The van der Waals surface area contributed by atoms with Crippen LogP contribution in [0.25, 0.3) is 33.2 Å². The van der Waals surface area contributed by atoms with Crippen molar-refractivity contribution in [3.05, 3.63) is 47.5 Å². The molecular formula is C26H30ClN9O. The summed E-state index contributed by atoms with van der Waals surface area (Å²) in [6.07, 6.45) is 9.70. The predicted octanol–water partition coefficient (Wildman–Crippen LogP) is 4.85.